The van der Waals surface area contributed by atoms with Crippen molar-refractivity contribution in [2.24, 2.45) is 5.73 Å². The first-order valence-electron chi connectivity index (χ1n) is 6.71. The summed E-state index contributed by atoms with van der Waals surface area (Å²) < 4.78 is 5.95. The van der Waals surface area contributed by atoms with E-state index in [-0.39, 0.29) is 0 Å². The van der Waals surface area contributed by atoms with Crippen molar-refractivity contribution in [1.82, 2.24) is 4.90 Å². The molecule has 0 bridgehead atoms. The Bertz CT molecular complexity index is 194. The van der Waals surface area contributed by atoms with Crippen LogP contribution in [-0.4, -0.2) is 42.8 Å². The highest BCUT2D eigenvalue weighted by Gasteiger charge is 2.32. The van der Waals surface area contributed by atoms with E-state index in [1.807, 2.05) is 0 Å². The van der Waals surface area contributed by atoms with Crippen LogP contribution in [0.15, 0.2) is 0 Å². The van der Waals surface area contributed by atoms with E-state index >= 15 is 0 Å². The van der Waals surface area contributed by atoms with Crippen LogP contribution in [0.2, 0.25) is 0 Å². The van der Waals surface area contributed by atoms with Gasteiger partial charge in [0, 0.05) is 18.6 Å². The van der Waals surface area contributed by atoms with E-state index < -0.39 is 0 Å². The molecule has 2 N–H and O–H groups in total. The largest absolute Gasteiger partial charge is 0.374 e. The molecule has 96 valence electrons. The molecule has 0 spiro atoms. The molecule has 1 heterocycles. The van der Waals surface area contributed by atoms with E-state index in [9.17, 15) is 0 Å². The van der Waals surface area contributed by atoms with Gasteiger partial charge >= 0.3 is 0 Å². The predicted molar refractivity (Wildman–Crippen MR) is 68.5 cm³/mol. The highest BCUT2D eigenvalue weighted by molar-refractivity contribution is 4.86. The lowest BCUT2D eigenvalue weighted by molar-refractivity contribution is -0.00952. The van der Waals surface area contributed by atoms with Crippen LogP contribution in [0, 0.1) is 0 Å². The maximum Gasteiger partial charge on any atom is 0.0747 e. The molecular formula is C13H28N2O. The number of nitrogens with zero attached hydrogens (tertiary/aromatic N) is 1. The fourth-order valence-electron chi connectivity index (χ4n) is 2.83. The van der Waals surface area contributed by atoms with Crippen molar-refractivity contribution < 1.29 is 4.74 Å². The number of ether oxygens (including phenoxy) is 1. The standard InChI is InChI=1S/C13H28N2O/c1-5-11(6-2)15(4)12(9-14)13-8-7-10(3)16-13/h10-13H,5-9,14H2,1-4H3. The Morgan fingerprint density at radius 3 is 2.31 bits per heavy atom. The van der Waals surface area contributed by atoms with E-state index in [0.29, 0.717) is 30.8 Å². The van der Waals surface area contributed by atoms with Crippen LogP contribution in [0.1, 0.15) is 46.5 Å². The van der Waals surface area contributed by atoms with Gasteiger partial charge in [-0.2, -0.15) is 0 Å². The summed E-state index contributed by atoms with van der Waals surface area (Å²) in [4.78, 5) is 2.43. The van der Waals surface area contributed by atoms with Gasteiger partial charge in [0.2, 0.25) is 0 Å². The summed E-state index contributed by atoms with van der Waals surface area (Å²) >= 11 is 0. The lowest BCUT2D eigenvalue weighted by Crippen LogP contribution is -2.50. The zero-order valence-corrected chi connectivity index (χ0v) is 11.3. The van der Waals surface area contributed by atoms with E-state index in [2.05, 4.69) is 32.7 Å². The molecule has 1 rings (SSSR count). The first-order chi connectivity index (χ1) is 7.63. The molecule has 0 aliphatic carbocycles. The number of rotatable bonds is 6. The minimum absolute atomic E-state index is 0.339. The van der Waals surface area contributed by atoms with Gasteiger partial charge in [-0.25, -0.2) is 0 Å². The summed E-state index contributed by atoms with van der Waals surface area (Å²) in [6.45, 7) is 7.35. The van der Waals surface area contributed by atoms with Crippen molar-refractivity contribution >= 4 is 0 Å². The highest BCUT2D eigenvalue weighted by Crippen LogP contribution is 2.25. The Labute approximate surface area is 100 Å². The number of hydrogen-bond acceptors (Lipinski definition) is 3. The Kier molecular flexibility index (Phi) is 5.73. The quantitative estimate of drug-likeness (QED) is 0.755. The minimum atomic E-state index is 0.339. The second kappa shape index (κ2) is 6.58. The SMILES string of the molecule is CCC(CC)N(C)C(CN)C1CCC(C)O1. The Morgan fingerprint density at radius 1 is 1.31 bits per heavy atom. The number of nitrogens with two attached hydrogens (primary N) is 1. The maximum absolute atomic E-state index is 5.95. The van der Waals surface area contributed by atoms with Crippen molar-refractivity contribution in [3.63, 3.8) is 0 Å². The lowest BCUT2D eigenvalue weighted by Gasteiger charge is -2.36. The van der Waals surface area contributed by atoms with E-state index in [0.717, 1.165) is 6.42 Å². The maximum atomic E-state index is 5.95. The van der Waals surface area contributed by atoms with Crippen LogP contribution >= 0.6 is 0 Å². The molecule has 0 aromatic carbocycles. The van der Waals surface area contributed by atoms with Gasteiger partial charge in [-0.05, 0) is 39.7 Å². The van der Waals surface area contributed by atoms with Crippen LogP contribution < -0.4 is 5.73 Å². The second-order valence-corrected chi connectivity index (χ2v) is 5.00. The monoisotopic (exact) mass is 228 g/mol. The molecule has 0 aromatic heterocycles. The molecule has 3 nitrogen and oxygen atoms in total. The fourth-order valence-corrected chi connectivity index (χ4v) is 2.83. The van der Waals surface area contributed by atoms with Gasteiger partial charge < -0.3 is 10.5 Å². The molecule has 3 heteroatoms. The third kappa shape index (κ3) is 3.19. The van der Waals surface area contributed by atoms with Gasteiger partial charge in [0.1, 0.15) is 0 Å². The summed E-state index contributed by atoms with van der Waals surface area (Å²) in [6, 6.07) is 1.02. The average Bonchev–Trinajstić information content (AvgIpc) is 2.68. The van der Waals surface area contributed by atoms with Gasteiger partial charge in [-0.3, -0.25) is 4.90 Å². The van der Waals surface area contributed by atoms with Gasteiger partial charge in [0.25, 0.3) is 0 Å². The molecule has 0 aromatic rings. The minimum Gasteiger partial charge on any atom is -0.374 e. The van der Waals surface area contributed by atoms with Crippen molar-refractivity contribution in [3.05, 3.63) is 0 Å². The zero-order valence-electron chi connectivity index (χ0n) is 11.3. The first-order valence-corrected chi connectivity index (χ1v) is 6.71. The normalized spacial score (nSPS) is 27.9. The lowest BCUT2D eigenvalue weighted by atomic mass is 10.0. The van der Waals surface area contributed by atoms with Crippen LogP contribution in [-0.2, 0) is 4.74 Å². The summed E-state index contributed by atoms with van der Waals surface area (Å²) in [7, 11) is 2.20. The van der Waals surface area contributed by atoms with Crippen molar-refractivity contribution in [3.8, 4) is 0 Å². The predicted octanol–water partition coefficient (Wildman–Crippen LogP) is 2.00. The number of likely N-dealkylation sites (N-methyl/N-ethyl adjacent to an activating group) is 1. The summed E-state index contributed by atoms with van der Waals surface area (Å²) in [5.41, 5.74) is 5.92. The summed E-state index contributed by atoms with van der Waals surface area (Å²) in [5.74, 6) is 0. The molecule has 1 saturated heterocycles. The Balaban J connectivity index is 2.58. The zero-order chi connectivity index (χ0) is 12.1. The van der Waals surface area contributed by atoms with Gasteiger partial charge in [-0.1, -0.05) is 13.8 Å². The molecule has 1 fully saturated rings. The van der Waals surface area contributed by atoms with Crippen LogP contribution in [0.25, 0.3) is 0 Å². The Morgan fingerprint density at radius 2 is 1.94 bits per heavy atom. The molecule has 0 saturated carbocycles. The van der Waals surface area contributed by atoms with E-state index in [1.54, 1.807) is 0 Å². The topological polar surface area (TPSA) is 38.5 Å². The van der Waals surface area contributed by atoms with Crippen LogP contribution in [0.3, 0.4) is 0 Å². The smallest absolute Gasteiger partial charge is 0.0747 e. The summed E-state index contributed by atoms with van der Waals surface area (Å²) in [6.07, 6.45) is 5.46. The van der Waals surface area contributed by atoms with E-state index in [4.69, 9.17) is 10.5 Å². The summed E-state index contributed by atoms with van der Waals surface area (Å²) in [5, 5.41) is 0. The highest BCUT2D eigenvalue weighted by atomic mass is 16.5. The van der Waals surface area contributed by atoms with Crippen molar-refractivity contribution in [2.45, 2.75) is 70.7 Å². The first kappa shape index (κ1) is 13.9. The third-order valence-electron chi connectivity index (χ3n) is 3.98. The molecule has 0 amide bonds. The molecule has 0 radical (unpaired) electrons. The van der Waals surface area contributed by atoms with Crippen molar-refractivity contribution in [2.75, 3.05) is 13.6 Å². The van der Waals surface area contributed by atoms with Crippen LogP contribution in [0.5, 0.6) is 0 Å². The molecule has 1 aliphatic heterocycles. The third-order valence-corrected chi connectivity index (χ3v) is 3.98. The van der Waals surface area contributed by atoms with Gasteiger partial charge in [-0.15, -0.1) is 0 Å². The molecular weight excluding hydrogens is 200 g/mol. The van der Waals surface area contributed by atoms with Crippen molar-refractivity contribution in [1.29, 1.82) is 0 Å². The van der Waals surface area contributed by atoms with Gasteiger partial charge in [0.15, 0.2) is 0 Å². The molecule has 1 aliphatic rings. The molecule has 3 atom stereocenters. The molecule has 3 unspecified atom stereocenters. The van der Waals surface area contributed by atoms with E-state index in [1.165, 1.54) is 19.3 Å². The number of hydrogen-bond donors (Lipinski definition) is 1. The Hall–Kier alpha value is -0.120. The van der Waals surface area contributed by atoms with Gasteiger partial charge in [0.05, 0.1) is 12.2 Å². The fraction of sp³-hybridized carbons (Fsp3) is 1.00. The molecule has 16 heavy (non-hydrogen) atoms. The van der Waals surface area contributed by atoms with Crippen LogP contribution in [0.4, 0.5) is 0 Å². The average molecular weight is 228 g/mol. The second-order valence-electron chi connectivity index (χ2n) is 5.00.